The molecule has 7 nitrogen and oxygen atoms in total. The van der Waals surface area contributed by atoms with E-state index >= 15 is 0 Å². The summed E-state index contributed by atoms with van der Waals surface area (Å²) >= 11 is 0. The van der Waals surface area contributed by atoms with Crippen molar-refractivity contribution in [3.63, 3.8) is 0 Å². The second-order valence-corrected chi connectivity index (χ2v) is 8.99. The second kappa shape index (κ2) is 11.5. The average Bonchev–Trinajstić information content (AvgIpc) is 3.06. The standard InChI is InChI=1S/C26H35N3O4/c1-19(2)26(21-6-9-23-24(16-21)33-13-3-12-32-23)27-17-25(30)28-22-7-4-20(5-8-22)18-29-10-14-31-15-11-29/h4-9,16,19,26-27H,3,10-15,17-18H2,1-2H3,(H,28,30)/t26-/m0/s1. The summed E-state index contributed by atoms with van der Waals surface area (Å²) in [7, 11) is 0. The first-order valence-corrected chi connectivity index (χ1v) is 11.9. The van der Waals surface area contributed by atoms with Gasteiger partial charge in [0.1, 0.15) is 0 Å². The molecular formula is C26H35N3O4. The van der Waals surface area contributed by atoms with E-state index in [-0.39, 0.29) is 18.5 Å². The minimum atomic E-state index is -0.0593. The van der Waals surface area contributed by atoms with Crippen LogP contribution in [0, 0.1) is 5.92 Å². The van der Waals surface area contributed by atoms with Crippen LogP contribution in [-0.4, -0.2) is 56.9 Å². The van der Waals surface area contributed by atoms with Crippen molar-refractivity contribution in [2.75, 3.05) is 51.4 Å². The fourth-order valence-electron chi connectivity index (χ4n) is 4.23. The Morgan fingerprint density at radius 1 is 0.970 bits per heavy atom. The van der Waals surface area contributed by atoms with E-state index in [9.17, 15) is 4.79 Å². The van der Waals surface area contributed by atoms with E-state index in [1.165, 1.54) is 5.56 Å². The lowest BCUT2D eigenvalue weighted by atomic mass is 9.95. The summed E-state index contributed by atoms with van der Waals surface area (Å²) in [5.41, 5.74) is 3.14. The third kappa shape index (κ3) is 6.69. The zero-order valence-electron chi connectivity index (χ0n) is 19.6. The van der Waals surface area contributed by atoms with Crippen LogP contribution >= 0.6 is 0 Å². The minimum absolute atomic E-state index is 0.0313. The van der Waals surface area contributed by atoms with Gasteiger partial charge in [0.2, 0.25) is 5.91 Å². The number of anilines is 1. The molecule has 2 aliphatic rings. The maximum absolute atomic E-state index is 12.6. The quantitative estimate of drug-likeness (QED) is 0.636. The van der Waals surface area contributed by atoms with Gasteiger partial charge in [0.25, 0.3) is 0 Å². The zero-order chi connectivity index (χ0) is 23.0. The van der Waals surface area contributed by atoms with Crippen molar-refractivity contribution < 1.29 is 19.0 Å². The van der Waals surface area contributed by atoms with E-state index in [1.807, 2.05) is 24.3 Å². The lowest BCUT2D eigenvalue weighted by molar-refractivity contribution is -0.115. The van der Waals surface area contributed by atoms with Crippen LogP contribution in [0.3, 0.4) is 0 Å². The Labute approximate surface area is 196 Å². The molecule has 4 rings (SSSR count). The molecule has 2 heterocycles. The van der Waals surface area contributed by atoms with Crippen molar-refractivity contribution in [1.29, 1.82) is 0 Å². The van der Waals surface area contributed by atoms with Crippen LogP contribution in [0.2, 0.25) is 0 Å². The Morgan fingerprint density at radius 2 is 1.70 bits per heavy atom. The van der Waals surface area contributed by atoms with E-state index in [1.54, 1.807) is 0 Å². The van der Waals surface area contributed by atoms with Gasteiger partial charge in [-0.3, -0.25) is 9.69 Å². The van der Waals surface area contributed by atoms with Crippen molar-refractivity contribution in [2.24, 2.45) is 5.92 Å². The number of fused-ring (bicyclic) bond motifs is 1. The molecule has 33 heavy (non-hydrogen) atoms. The number of benzene rings is 2. The topological polar surface area (TPSA) is 72.1 Å². The van der Waals surface area contributed by atoms with Crippen LogP contribution in [0.25, 0.3) is 0 Å². The van der Waals surface area contributed by atoms with Gasteiger partial charge >= 0.3 is 0 Å². The predicted octanol–water partition coefficient (Wildman–Crippen LogP) is 3.61. The van der Waals surface area contributed by atoms with E-state index < -0.39 is 0 Å². The van der Waals surface area contributed by atoms with Gasteiger partial charge in [-0.2, -0.15) is 0 Å². The lowest BCUT2D eigenvalue weighted by Crippen LogP contribution is -2.35. The third-order valence-corrected chi connectivity index (χ3v) is 6.03. The summed E-state index contributed by atoms with van der Waals surface area (Å²) < 4.78 is 17.0. The molecule has 1 saturated heterocycles. The summed E-state index contributed by atoms with van der Waals surface area (Å²) in [6.45, 7) is 10.3. The number of hydrogen-bond acceptors (Lipinski definition) is 6. The summed E-state index contributed by atoms with van der Waals surface area (Å²) in [6, 6.07) is 14.2. The van der Waals surface area contributed by atoms with E-state index in [0.29, 0.717) is 19.1 Å². The summed E-state index contributed by atoms with van der Waals surface area (Å²) in [5, 5.41) is 6.41. The van der Waals surface area contributed by atoms with E-state index in [0.717, 1.165) is 62.0 Å². The number of ether oxygens (including phenoxy) is 3. The highest BCUT2D eigenvalue weighted by Gasteiger charge is 2.20. The van der Waals surface area contributed by atoms with Crippen molar-refractivity contribution in [1.82, 2.24) is 10.2 Å². The molecular weight excluding hydrogens is 418 g/mol. The van der Waals surface area contributed by atoms with Gasteiger partial charge in [0, 0.05) is 37.8 Å². The van der Waals surface area contributed by atoms with Crippen LogP contribution < -0.4 is 20.1 Å². The van der Waals surface area contributed by atoms with Crippen molar-refractivity contribution in [3.8, 4) is 11.5 Å². The summed E-state index contributed by atoms with van der Waals surface area (Å²) in [5.74, 6) is 1.81. The average molecular weight is 454 g/mol. The molecule has 0 unspecified atom stereocenters. The molecule has 0 saturated carbocycles. The highest BCUT2D eigenvalue weighted by Crippen LogP contribution is 2.34. The maximum Gasteiger partial charge on any atom is 0.238 e. The van der Waals surface area contributed by atoms with E-state index in [4.69, 9.17) is 14.2 Å². The van der Waals surface area contributed by atoms with Gasteiger partial charge < -0.3 is 24.8 Å². The number of rotatable bonds is 8. The second-order valence-electron chi connectivity index (χ2n) is 8.99. The monoisotopic (exact) mass is 453 g/mol. The van der Waals surface area contributed by atoms with Gasteiger partial charge in [-0.05, 0) is 41.3 Å². The molecule has 2 N–H and O–H groups in total. The molecule has 1 amide bonds. The fraction of sp³-hybridized carbons (Fsp3) is 0.500. The largest absolute Gasteiger partial charge is 0.490 e. The summed E-state index contributed by atoms with van der Waals surface area (Å²) in [4.78, 5) is 15.0. The third-order valence-electron chi connectivity index (χ3n) is 6.03. The first-order valence-electron chi connectivity index (χ1n) is 11.9. The van der Waals surface area contributed by atoms with Crippen LogP contribution in [0.4, 0.5) is 5.69 Å². The highest BCUT2D eigenvalue weighted by atomic mass is 16.5. The number of nitrogens with zero attached hydrogens (tertiary/aromatic N) is 1. The van der Waals surface area contributed by atoms with E-state index in [2.05, 4.69) is 47.6 Å². The van der Waals surface area contributed by atoms with Crippen LogP contribution in [0.5, 0.6) is 11.5 Å². The van der Waals surface area contributed by atoms with Crippen molar-refractivity contribution in [2.45, 2.75) is 32.9 Å². The Bertz CT molecular complexity index is 910. The highest BCUT2D eigenvalue weighted by molar-refractivity contribution is 5.92. The van der Waals surface area contributed by atoms with Gasteiger partial charge in [-0.1, -0.05) is 32.0 Å². The number of amides is 1. The molecule has 0 aliphatic carbocycles. The molecule has 7 heteroatoms. The molecule has 1 atom stereocenters. The Morgan fingerprint density at radius 3 is 2.42 bits per heavy atom. The van der Waals surface area contributed by atoms with Gasteiger partial charge in [-0.15, -0.1) is 0 Å². The number of carbonyl (C=O) groups excluding carboxylic acids is 1. The Balaban J connectivity index is 1.30. The number of morpholine rings is 1. The van der Waals surface area contributed by atoms with Gasteiger partial charge in [0.15, 0.2) is 11.5 Å². The maximum atomic E-state index is 12.6. The molecule has 0 spiro atoms. The summed E-state index contributed by atoms with van der Waals surface area (Å²) in [6.07, 6.45) is 0.879. The molecule has 2 aromatic rings. The van der Waals surface area contributed by atoms with Crippen LogP contribution in [0.1, 0.15) is 37.4 Å². The van der Waals surface area contributed by atoms with Crippen LogP contribution in [-0.2, 0) is 16.1 Å². The number of hydrogen-bond donors (Lipinski definition) is 2. The van der Waals surface area contributed by atoms with Crippen LogP contribution in [0.15, 0.2) is 42.5 Å². The minimum Gasteiger partial charge on any atom is -0.490 e. The molecule has 0 radical (unpaired) electrons. The smallest absolute Gasteiger partial charge is 0.238 e. The Hall–Kier alpha value is -2.61. The lowest BCUT2D eigenvalue weighted by Gasteiger charge is -2.26. The zero-order valence-corrected chi connectivity index (χ0v) is 19.6. The van der Waals surface area contributed by atoms with Gasteiger partial charge in [0.05, 0.1) is 33.0 Å². The molecule has 1 fully saturated rings. The number of carbonyl (C=O) groups is 1. The molecule has 2 aromatic carbocycles. The predicted molar refractivity (Wildman–Crippen MR) is 129 cm³/mol. The Kier molecular flexibility index (Phi) is 8.20. The molecule has 0 aromatic heterocycles. The molecule has 178 valence electrons. The molecule has 0 bridgehead atoms. The fourth-order valence-corrected chi connectivity index (χ4v) is 4.23. The normalized spacial score (nSPS) is 17.4. The first-order chi connectivity index (χ1) is 16.1. The van der Waals surface area contributed by atoms with Crippen molar-refractivity contribution >= 4 is 11.6 Å². The first kappa shape index (κ1) is 23.5. The van der Waals surface area contributed by atoms with Gasteiger partial charge in [-0.25, -0.2) is 0 Å². The number of nitrogens with one attached hydrogen (secondary N) is 2. The van der Waals surface area contributed by atoms with Crippen molar-refractivity contribution in [3.05, 3.63) is 53.6 Å². The SMILES string of the molecule is CC(C)[C@H](NCC(=O)Nc1ccc(CN2CCOCC2)cc1)c1ccc2c(c1)OCCCO2. The molecule has 2 aliphatic heterocycles.